The minimum absolute atomic E-state index is 0.113. The van der Waals surface area contributed by atoms with Crippen LogP contribution in [0.25, 0.3) is 0 Å². The molecule has 0 heterocycles. The van der Waals surface area contributed by atoms with Crippen molar-refractivity contribution in [2.75, 3.05) is 13.7 Å². The maximum atomic E-state index is 12.2. The lowest BCUT2D eigenvalue weighted by Gasteiger charge is -2.13. The third-order valence-corrected chi connectivity index (χ3v) is 3.94. The zero-order chi connectivity index (χ0) is 20.5. The second-order valence-corrected chi connectivity index (χ2v) is 6.19. The highest BCUT2D eigenvalue weighted by Crippen LogP contribution is 2.28. The molecule has 148 valence electrons. The topological polar surface area (TPSA) is 103 Å². The Morgan fingerprint density at radius 1 is 1.21 bits per heavy atom. The number of benzene rings is 2. The van der Waals surface area contributed by atoms with Crippen LogP contribution in [0.15, 0.2) is 42.5 Å². The Morgan fingerprint density at radius 2 is 2.00 bits per heavy atom. The molecule has 0 atom stereocenters. The van der Waals surface area contributed by atoms with Crippen LogP contribution in [0.3, 0.4) is 0 Å². The standard InChI is InChI=1S/C19H21N3O5S/c1-3-9-27-16-8-7-13(10-17(16)26-2)12-20-19(28)21-18(23)14-5-4-6-15(11-14)22(24)25/h4-8,10-11H,3,9,12H2,1-2H3,(H2,20,21,23,28). The monoisotopic (exact) mass is 403 g/mol. The second kappa shape index (κ2) is 10.2. The Morgan fingerprint density at radius 3 is 2.68 bits per heavy atom. The Labute approximate surface area is 168 Å². The molecule has 0 aliphatic heterocycles. The first kappa shape index (κ1) is 21.1. The molecule has 0 radical (unpaired) electrons. The number of hydrogen-bond acceptors (Lipinski definition) is 6. The third-order valence-electron chi connectivity index (χ3n) is 3.69. The summed E-state index contributed by atoms with van der Waals surface area (Å²) in [5.74, 6) is 0.746. The van der Waals surface area contributed by atoms with E-state index < -0.39 is 10.8 Å². The quantitative estimate of drug-likeness (QED) is 0.396. The largest absolute Gasteiger partial charge is 0.493 e. The van der Waals surface area contributed by atoms with Gasteiger partial charge in [0.05, 0.1) is 18.6 Å². The molecule has 2 aromatic rings. The number of nitrogens with one attached hydrogen (secondary N) is 2. The van der Waals surface area contributed by atoms with E-state index in [1.54, 1.807) is 7.11 Å². The van der Waals surface area contributed by atoms with Crippen molar-refractivity contribution in [1.82, 2.24) is 10.6 Å². The Bertz CT molecular complexity index is 872. The van der Waals surface area contributed by atoms with Crippen LogP contribution in [0, 0.1) is 10.1 Å². The molecule has 0 saturated heterocycles. The number of hydrogen-bond donors (Lipinski definition) is 2. The first-order valence-electron chi connectivity index (χ1n) is 8.58. The fourth-order valence-electron chi connectivity index (χ4n) is 2.32. The third kappa shape index (κ3) is 5.92. The number of thiocarbonyl (C=S) groups is 1. The zero-order valence-corrected chi connectivity index (χ0v) is 16.4. The van der Waals surface area contributed by atoms with Gasteiger partial charge in [-0.15, -0.1) is 0 Å². The van der Waals surface area contributed by atoms with Crippen LogP contribution < -0.4 is 20.1 Å². The minimum atomic E-state index is -0.561. The van der Waals surface area contributed by atoms with Gasteiger partial charge in [0, 0.05) is 24.2 Å². The molecule has 8 nitrogen and oxygen atoms in total. The summed E-state index contributed by atoms with van der Waals surface area (Å²) >= 11 is 5.13. The average Bonchev–Trinajstić information content (AvgIpc) is 2.70. The molecule has 0 spiro atoms. The number of carbonyl (C=O) groups excluding carboxylic acids is 1. The fourth-order valence-corrected chi connectivity index (χ4v) is 2.48. The van der Waals surface area contributed by atoms with Crippen LogP contribution in [0.1, 0.15) is 29.3 Å². The van der Waals surface area contributed by atoms with Gasteiger partial charge in [-0.2, -0.15) is 0 Å². The first-order chi connectivity index (χ1) is 13.4. The van der Waals surface area contributed by atoms with Gasteiger partial charge >= 0.3 is 0 Å². The predicted molar refractivity (Wildman–Crippen MR) is 109 cm³/mol. The van der Waals surface area contributed by atoms with E-state index in [4.69, 9.17) is 21.7 Å². The molecule has 28 heavy (non-hydrogen) atoms. The highest BCUT2D eigenvalue weighted by molar-refractivity contribution is 7.80. The Kier molecular flexibility index (Phi) is 7.70. The molecule has 2 rings (SSSR count). The summed E-state index contributed by atoms with van der Waals surface area (Å²) in [6.07, 6.45) is 0.894. The van der Waals surface area contributed by atoms with E-state index in [0.717, 1.165) is 12.0 Å². The molecular weight excluding hydrogens is 382 g/mol. The number of non-ortho nitro benzene ring substituents is 1. The van der Waals surface area contributed by atoms with Crippen LogP contribution in [0.4, 0.5) is 5.69 Å². The summed E-state index contributed by atoms with van der Waals surface area (Å²) in [6, 6.07) is 10.9. The number of amides is 1. The normalized spacial score (nSPS) is 10.1. The maximum Gasteiger partial charge on any atom is 0.270 e. The van der Waals surface area contributed by atoms with Crippen molar-refractivity contribution >= 4 is 28.9 Å². The van der Waals surface area contributed by atoms with E-state index in [-0.39, 0.29) is 16.4 Å². The lowest BCUT2D eigenvalue weighted by Crippen LogP contribution is -2.38. The van der Waals surface area contributed by atoms with Crippen LogP contribution in [-0.2, 0) is 6.54 Å². The number of nitro groups is 1. The molecular formula is C19H21N3O5S. The van der Waals surface area contributed by atoms with Gasteiger partial charge in [0.1, 0.15) is 0 Å². The van der Waals surface area contributed by atoms with Crippen LogP contribution in [0.2, 0.25) is 0 Å². The van der Waals surface area contributed by atoms with E-state index in [1.807, 2.05) is 25.1 Å². The van der Waals surface area contributed by atoms with Crippen molar-refractivity contribution < 1.29 is 19.2 Å². The van der Waals surface area contributed by atoms with Gasteiger partial charge in [0.2, 0.25) is 0 Å². The van der Waals surface area contributed by atoms with E-state index >= 15 is 0 Å². The lowest BCUT2D eigenvalue weighted by atomic mass is 10.2. The van der Waals surface area contributed by atoms with Gasteiger partial charge in [-0.05, 0) is 42.4 Å². The number of nitrogens with zero attached hydrogens (tertiary/aromatic N) is 1. The summed E-state index contributed by atoms with van der Waals surface area (Å²) < 4.78 is 10.9. The van der Waals surface area contributed by atoms with Crippen LogP contribution in [-0.4, -0.2) is 29.7 Å². The van der Waals surface area contributed by atoms with Crippen molar-refractivity contribution in [2.24, 2.45) is 0 Å². The lowest BCUT2D eigenvalue weighted by molar-refractivity contribution is -0.384. The van der Waals surface area contributed by atoms with E-state index in [0.29, 0.717) is 24.7 Å². The number of nitro benzene ring substituents is 1. The van der Waals surface area contributed by atoms with Crippen LogP contribution in [0.5, 0.6) is 11.5 Å². The molecule has 0 saturated carbocycles. The zero-order valence-electron chi connectivity index (χ0n) is 15.6. The Hall–Kier alpha value is -3.20. The van der Waals surface area contributed by atoms with Gasteiger partial charge in [0.15, 0.2) is 16.6 Å². The van der Waals surface area contributed by atoms with Crippen molar-refractivity contribution in [3.05, 3.63) is 63.7 Å². The number of methoxy groups -OCH3 is 1. The highest BCUT2D eigenvalue weighted by Gasteiger charge is 2.13. The molecule has 0 fully saturated rings. The summed E-state index contributed by atoms with van der Waals surface area (Å²) in [6.45, 7) is 2.98. The van der Waals surface area contributed by atoms with Gasteiger partial charge in [-0.25, -0.2) is 0 Å². The molecule has 0 aliphatic carbocycles. The van der Waals surface area contributed by atoms with E-state index in [9.17, 15) is 14.9 Å². The molecule has 0 bridgehead atoms. The van der Waals surface area contributed by atoms with Crippen molar-refractivity contribution in [2.45, 2.75) is 19.9 Å². The number of carbonyl (C=O) groups is 1. The van der Waals surface area contributed by atoms with Crippen molar-refractivity contribution in [1.29, 1.82) is 0 Å². The molecule has 1 amide bonds. The predicted octanol–water partition coefficient (Wildman–Crippen LogP) is 3.20. The van der Waals surface area contributed by atoms with Gasteiger partial charge < -0.3 is 14.8 Å². The molecule has 2 N–H and O–H groups in total. The maximum absolute atomic E-state index is 12.2. The van der Waals surface area contributed by atoms with Gasteiger partial charge in [-0.1, -0.05) is 19.1 Å². The average molecular weight is 403 g/mol. The van der Waals surface area contributed by atoms with Crippen molar-refractivity contribution in [3.8, 4) is 11.5 Å². The van der Waals surface area contributed by atoms with Gasteiger partial charge in [-0.3, -0.25) is 20.2 Å². The van der Waals surface area contributed by atoms with Gasteiger partial charge in [0.25, 0.3) is 11.6 Å². The first-order valence-corrected chi connectivity index (χ1v) is 8.98. The van der Waals surface area contributed by atoms with E-state index in [1.165, 1.54) is 24.3 Å². The SMILES string of the molecule is CCCOc1ccc(CNC(=S)NC(=O)c2cccc([N+](=O)[O-])c2)cc1OC. The summed E-state index contributed by atoms with van der Waals surface area (Å²) in [5, 5.41) is 16.3. The highest BCUT2D eigenvalue weighted by atomic mass is 32.1. The molecule has 0 aliphatic rings. The summed E-state index contributed by atoms with van der Waals surface area (Å²) in [4.78, 5) is 22.4. The van der Waals surface area contributed by atoms with E-state index in [2.05, 4.69) is 10.6 Å². The summed E-state index contributed by atoms with van der Waals surface area (Å²) in [7, 11) is 1.56. The molecule has 2 aromatic carbocycles. The molecule has 0 aromatic heterocycles. The smallest absolute Gasteiger partial charge is 0.270 e. The molecule has 0 unspecified atom stereocenters. The van der Waals surface area contributed by atoms with Crippen molar-refractivity contribution in [3.63, 3.8) is 0 Å². The Balaban J connectivity index is 1.94. The van der Waals surface area contributed by atoms with Crippen LogP contribution >= 0.6 is 12.2 Å². The minimum Gasteiger partial charge on any atom is -0.493 e. The number of ether oxygens (including phenoxy) is 2. The second-order valence-electron chi connectivity index (χ2n) is 5.78. The number of rotatable bonds is 8. The molecule has 9 heteroatoms. The summed E-state index contributed by atoms with van der Waals surface area (Å²) in [5.41, 5.74) is 0.870. The fraction of sp³-hybridized carbons (Fsp3) is 0.263.